The summed E-state index contributed by atoms with van der Waals surface area (Å²) in [6.07, 6.45) is 1.75. The first-order valence-electron chi connectivity index (χ1n) is 9.30. The number of nitrogens with zero attached hydrogens (tertiary/aromatic N) is 2. The Morgan fingerprint density at radius 3 is 2.31 bits per heavy atom. The first-order chi connectivity index (χ1) is 14.3. The number of esters is 1. The lowest BCUT2D eigenvalue weighted by molar-refractivity contribution is 0.0737. The van der Waals surface area contributed by atoms with Crippen molar-refractivity contribution in [3.05, 3.63) is 103 Å². The van der Waals surface area contributed by atoms with E-state index in [1.54, 1.807) is 24.4 Å². The maximum atomic E-state index is 12.7. The Morgan fingerprint density at radius 2 is 1.45 bits per heavy atom. The van der Waals surface area contributed by atoms with E-state index >= 15 is 0 Å². The molecule has 1 aromatic heterocycles. The number of aromatic nitrogens is 2. The summed E-state index contributed by atoms with van der Waals surface area (Å²) in [5, 5.41) is 1.88. The maximum Gasteiger partial charge on any atom is 0.344 e. The van der Waals surface area contributed by atoms with Gasteiger partial charge in [0.1, 0.15) is 5.75 Å². The predicted molar refractivity (Wildman–Crippen MR) is 114 cm³/mol. The highest BCUT2D eigenvalue weighted by Crippen LogP contribution is 2.24. The van der Waals surface area contributed by atoms with Gasteiger partial charge in [0, 0.05) is 5.56 Å². The number of para-hydroxylation sites is 2. The molecule has 1 heterocycles. The van der Waals surface area contributed by atoms with Crippen LogP contribution in [0, 0.1) is 0 Å². The van der Waals surface area contributed by atoms with Crippen LogP contribution < -0.4 is 4.74 Å². The van der Waals surface area contributed by atoms with E-state index in [9.17, 15) is 4.79 Å². The van der Waals surface area contributed by atoms with Gasteiger partial charge in [-0.05, 0) is 53.2 Å². The van der Waals surface area contributed by atoms with Crippen LogP contribution in [0.1, 0.15) is 10.4 Å². The van der Waals surface area contributed by atoms with Gasteiger partial charge >= 0.3 is 5.97 Å². The van der Waals surface area contributed by atoms with Gasteiger partial charge in [-0.3, -0.25) is 4.98 Å². The van der Waals surface area contributed by atoms with Gasteiger partial charge in [0.25, 0.3) is 0 Å². The van der Waals surface area contributed by atoms with Gasteiger partial charge in [0.2, 0.25) is 0 Å². The minimum atomic E-state index is -0.375. The van der Waals surface area contributed by atoms with Crippen LogP contribution in [0.3, 0.4) is 0 Å². The van der Waals surface area contributed by atoms with Crippen molar-refractivity contribution in [2.45, 2.75) is 0 Å². The lowest BCUT2D eigenvalue weighted by atomic mass is 10.0. The van der Waals surface area contributed by atoms with E-state index in [0.717, 1.165) is 33.1 Å². The highest BCUT2D eigenvalue weighted by molar-refractivity contribution is 6.05. The second-order valence-electron chi connectivity index (χ2n) is 6.68. The Hall–Kier alpha value is -4.05. The Bertz CT molecular complexity index is 1340. The van der Waals surface area contributed by atoms with E-state index in [2.05, 4.69) is 9.97 Å². The number of ether oxygens (including phenoxy) is 1. The molecule has 0 aliphatic carbocycles. The van der Waals surface area contributed by atoms with E-state index in [-0.39, 0.29) is 5.97 Å². The van der Waals surface area contributed by atoms with Crippen molar-refractivity contribution in [2.24, 2.45) is 0 Å². The molecule has 0 spiro atoms. The molecule has 0 saturated carbocycles. The molecule has 0 aliphatic heterocycles. The van der Waals surface area contributed by atoms with E-state index in [0.29, 0.717) is 11.3 Å². The first kappa shape index (κ1) is 17.1. The predicted octanol–water partition coefficient (Wildman–Crippen LogP) is 5.67. The molecule has 4 nitrogen and oxygen atoms in total. The molecule has 0 aliphatic rings. The maximum absolute atomic E-state index is 12.7. The molecule has 0 saturated heterocycles. The molecule has 0 unspecified atom stereocenters. The number of carbonyl (C=O) groups excluding carboxylic acids is 1. The molecule has 4 aromatic carbocycles. The van der Waals surface area contributed by atoms with Gasteiger partial charge in [-0.25, -0.2) is 9.78 Å². The minimum Gasteiger partial charge on any atom is -0.423 e. The third-order valence-corrected chi connectivity index (χ3v) is 4.82. The number of fused-ring (bicyclic) bond motifs is 2. The first-order valence-corrected chi connectivity index (χ1v) is 9.30. The molecule has 0 radical (unpaired) electrons. The molecule has 0 atom stereocenters. The number of hydrogen-bond acceptors (Lipinski definition) is 4. The summed E-state index contributed by atoms with van der Waals surface area (Å²) in [5.74, 6) is 0.112. The highest BCUT2D eigenvalue weighted by atomic mass is 16.5. The van der Waals surface area contributed by atoms with Crippen molar-refractivity contribution < 1.29 is 9.53 Å². The molecule has 0 bridgehead atoms. The highest BCUT2D eigenvalue weighted by Gasteiger charge is 2.12. The molecule has 138 valence electrons. The lowest BCUT2D eigenvalue weighted by Crippen LogP contribution is -2.09. The van der Waals surface area contributed by atoms with Gasteiger partial charge in [-0.1, -0.05) is 48.5 Å². The van der Waals surface area contributed by atoms with Crippen LogP contribution in [0.4, 0.5) is 0 Å². The fourth-order valence-corrected chi connectivity index (χ4v) is 3.36. The van der Waals surface area contributed by atoms with Gasteiger partial charge in [0.15, 0.2) is 0 Å². The second kappa shape index (κ2) is 7.17. The molecule has 0 amide bonds. The zero-order valence-corrected chi connectivity index (χ0v) is 15.4. The van der Waals surface area contributed by atoms with Crippen molar-refractivity contribution in [3.63, 3.8) is 0 Å². The Labute approximate surface area is 167 Å². The number of benzene rings is 4. The summed E-state index contributed by atoms with van der Waals surface area (Å²) in [6, 6.07) is 28.4. The summed E-state index contributed by atoms with van der Waals surface area (Å²) in [5.41, 5.74) is 3.93. The van der Waals surface area contributed by atoms with Crippen molar-refractivity contribution in [2.75, 3.05) is 0 Å². The van der Waals surface area contributed by atoms with Crippen molar-refractivity contribution in [3.8, 4) is 17.0 Å². The minimum absolute atomic E-state index is 0.375. The summed E-state index contributed by atoms with van der Waals surface area (Å²) in [6.45, 7) is 0. The molecule has 29 heavy (non-hydrogen) atoms. The van der Waals surface area contributed by atoms with Crippen LogP contribution in [0.5, 0.6) is 5.75 Å². The van der Waals surface area contributed by atoms with Crippen LogP contribution in [0.25, 0.3) is 33.1 Å². The molecule has 0 fully saturated rings. The zero-order valence-electron chi connectivity index (χ0n) is 15.4. The monoisotopic (exact) mass is 376 g/mol. The number of hydrogen-bond donors (Lipinski definition) is 0. The van der Waals surface area contributed by atoms with Crippen LogP contribution in [0.2, 0.25) is 0 Å². The Balaban J connectivity index is 1.40. The van der Waals surface area contributed by atoms with Crippen molar-refractivity contribution in [1.29, 1.82) is 0 Å². The SMILES string of the molecule is O=C(Oc1ccc(-c2cnc3ccccc3n2)cc1)c1cccc2ccccc12. The van der Waals surface area contributed by atoms with Crippen LogP contribution in [0.15, 0.2) is 97.2 Å². The lowest BCUT2D eigenvalue weighted by Gasteiger charge is -2.08. The molecule has 5 aromatic rings. The summed E-state index contributed by atoms with van der Waals surface area (Å²) in [7, 11) is 0. The third kappa shape index (κ3) is 3.32. The summed E-state index contributed by atoms with van der Waals surface area (Å²) in [4.78, 5) is 21.8. The van der Waals surface area contributed by atoms with Crippen molar-refractivity contribution in [1.82, 2.24) is 9.97 Å². The number of carbonyl (C=O) groups is 1. The normalized spacial score (nSPS) is 10.9. The Morgan fingerprint density at radius 1 is 0.724 bits per heavy atom. The summed E-state index contributed by atoms with van der Waals surface area (Å²) >= 11 is 0. The zero-order chi connectivity index (χ0) is 19.6. The summed E-state index contributed by atoms with van der Waals surface area (Å²) < 4.78 is 5.59. The van der Waals surface area contributed by atoms with Gasteiger partial charge in [-0.15, -0.1) is 0 Å². The van der Waals surface area contributed by atoms with Gasteiger partial charge in [0.05, 0.1) is 28.5 Å². The smallest absolute Gasteiger partial charge is 0.344 e. The largest absolute Gasteiger partial charge is 0.423 e. The van der Waals surface area contributed by atoms with E-state index in [4.69, 9.17) is 4.74 Å². The van der Waals surface area contributed by atoms with Gasteiger partial charge < -0.3 is 4.74 Å². The van der Waals surface area contributed by atoms with Gasteiger partial charge in [-0.2, -0.15) is 0 Å². The second-order valence-corrected chi connectivity index (χ2v) is 6.68. The average molecular weight is 376 g/mol. The van der Waals surface area contributed by atoms with E-state index < -0.39 is 0 Å². The number of rotatable bonds is 3. The topological polar surface area (TPSA) is 52.1 Å². The van der Waals surface area contributed by atoms with E-state index in [1.165, 1.54) is 0 Å². The average Bonchev–Trinajstić information content (AvgIpc) is 2.79. The fourth-order valence-electron chi connectivity index (χ4n) is 3.36. The van der Waals surface area contributed by atoms with Crippen molar-refractivity contribution >= 4 is 27.8 Å². The molecule has 4 heteroatoms. The van der Waals surface area contributed by atoms with E-state index in [1.807, 2.05) is 72.8 Å². The molecular formula is C25H16N2O2. The van der Waals surface area contributed by atoms with Crippen LogP contribution in [-0.4, -0.2) is 15.9 Å². The molecular weight excluding hydrogens is 360 g/mol. The quantitative estimate of drug-likeness (QED) is 0.301. The molecule has 5 rings (SSSR count). The Kier molecular flexibility index (Phi) is 4.22. The standard InChI is InChI=1S/C25H16N2O2/c28-25(21-9-5-7-17-6-1-2-8-20(17)21)29-19-14-12-18(13-15-19)24-16-26-22-10-3-4-11-23(22)27-24/h1-16H. The third-order valence-electron chi connectivity index (χ3n) is 4.82. The van der Waals surface area contributed by atoms with Crippen LogP contribution >= 0.6 is 0 Å². The molecule has 0 N–H and O–H groups in total. The fraction of sp³-hybridized carbons (Fsp3) is 0. The van der Waals surface area contributed by atoms with Crippen LogP contribution in [-0.2, 0) is 0 Å².